The van der Waals surface area contributed by atoms with Crippen LogP contribution in [0.3, 0.4) is 0 Å². The van der Waals surface area contributed by atoms with Crippen LogP contribution in [0.5, 0.6) is 0 Å². The van der Waals surface area contributed by atoms with Crippen molar-refractivity contribution in [2.24, 2.45) is 0 Å². The molecule has 0 bridgehead atoms. The maximum Gasteiger partial charge on any atom is 0.352 e. The van der Waals surface area contributed by atoms with Gasteiger partial charge in [-0.2, -0.15) is 0 Å². The zero-order valence-corrected chi connectivity index (χ0v) is 8.47. The van der Waals surface area contributed by atoms with Gasteiger partial charge in [-0.25, -0.2) is 13.6 Å². The predicted molar refractivity (Wildman–Crippen MR) is 54.6 cm³/mol. The van der Waals surface area contributed by atoms with E-state index in [-0.39, 0.29) is 16.8 Å². The fraction of sp³-hybridized carbons (Fsp3) is 0.182. The van der Waals surface area contributed by atoms with Crippen molar-refractivity contribution in [3.8, 4) is 0 Å². The zero-order chi connectivity index (χ0) is 11.9. The van der Waals surface area contributed by atoms with Crippen molar-refractivity contribution in [3.63, 3.8) is 0 Å². The van der Waals surface area contributed by atoms with E-state index in [0.29, 0.717) is 11.8 Å². The second-order valence-corrected chi connectivity index (χ2v) is 3.47. The number of H-pyrrole nitrogens is 1. The Morgan fingerprint density at radius 1 is 1.38 bits per heavy atom. The summed E-state index contributed by atoms with van der Waals surface area (Å²) in [5.41, 5.74) is -0.0189. The maximum atomic E-state index is 13.5. The van der Waals surface area contributed by atoms with Crippen LogP contribution < -0.4 is 0 Å². The van der Waals surface area contributed by atoms with Crippen LogP contribution in [0.2, 0.25) is 0 Å². The molecule has 1 heterocycles. The van der Waals surface area contributed by atoms with E-state index in [1.807, 2.05) is 0 Å². The summed E-state index contributed by atoms with van der Waals surface area (Å²) in [5.74, 6) is -3.15. The van der Waals surface area contributed by atoms with Crippen LogP contribution in [-0.4, -0.2) is 16.1 Å². The molecule has 1 aromatic heterocycles. The van der Waals surface area contributed by atoms with Gasteiger partial charge in [-0.1, -0.05) is 6.92 Å². The number of aromatic nitrogens is 1. The van der Waals surface area contributed by atoms with E-state index < -0.39 is 17.6 Å². The van der Waals surface area contributed by atoms with E-state index >= 15 is 0 Å². The molecule has 2 rings (SSSR count). The van der Waals surface area contributed by atoms with Crippen molar-refractivity contribution in [1.29, 1.82) is 0 Å². The number of aromatic amines is 1. The number of benzene rings is 1. The highest BCUT2D eigenvalue weighted by molar-refractivity contribution is 5.94. The summed E-state index contributed by atoms with van der Waals surface area (Å²) in [6, 6.07) is 2.75. The van der Waals surface area contributed by atoms with E-state index in [0.717, 1.165) is 0 Å². The molecule has 0 aliphatic carbocycles. The Kier molecular flexibility index (Phi) is 2.38. The molecule has 0 saturated heterocycles. The topological polar surface area (TPSA) is 53.1 Å². The van der Waals surface area contributed by atoms with Crippen LogP contribution in [0, 0.1) is 11.6 Å². The van der Waals surface area contributed by atoms with Crippen LogP contribution >= 0.6 is 0 Å². The molecule has 16 heavy (non-hydrogen) atoms. The summed E-state index contributed by atoms with van der Waals surface area (Å²) in [4.78, 5) is 13.0. The molecule has 0 saturated carbocycles. The van der Waals surface area contributed by atoms with Gasteiger partial charge in [0.25, 0.3) is 0 Å². The first-order valence-corrected chi connectivity index (χ1v) is 4.77. The molecular weight excluding hydrogens is 216 g/mol. The summed E-state index contributed by atoms with van der Waals surface area (Å²) in [7, 11) is 0. The van der Waals surface area contributed by atoms with Gasteiger partial charge < -0.3 is 10.1 Å². The van der Waals surface area contributed by atoms with Gasteiger partial charge in [-0.15, -0.1) is 0 Å². The number of carboxylic acids is 1. The average Bonchev–Trinajstić information content (AvgIpc) is 2.67. The van der Waals surface area contributed by atoms with Crippen molar-refractivity contribution in [2.45, 2.75) is 13.3 Å². The number of halogens is 2. The Morgan fingerprint density at radius 3 is 2.62 bits per heavy atom. The smallest absolute Gasteiger partial charge is 0.352 e. The quantitative estimate of drug-likeness (QED) is 0.825. The normalized spacial score (nSPS) is 10.9. The number of carbonyl (C=O) groups is 1. The molecule has 0 aliphatic rings. The van der Waals surface area contributed by atoms with Gasteiger partial charge >= 0.3 is 5.97 Å². The van der Waals surface area contributed by atoms with E-state index in [9.17, 15) is 13.6 Å². The lowest BCUT2D eigenvalue weighted by Crippen LogP contribution is -1.96. The van der Waals surface area contributed by atoms with Gasteiger partial charge in [-0.3, -0.25) is 0 Å². The number of hydrogen-bond acceptors (Lipinski definition) is 1. The predicted octanol–water partition coefficient (Wildman–Crippen LogP) is 2.71. The first-order valence-electron chi connectivity index (χ1n) is 4.77. The molecule has 84 valence electrons. The summed E-state index contributed by atoms with van der Waals surface area (Å²) >= 11 is 0. The van der Waals surface area contributed by atoms with Gasteiger partial charge in [-0.05, 0) is 24.1 Å². The molecular formula is C11H9F2NO2. The number of hydrogen-bond donors (Lipinski definition) is 2. The van der Waals surface area contributed by atoms with Crippen LogP contribution in [0.4, 0.5) is 8.78 Å². The lowest BCUT2D eigenvalue weighted by molar-refractivity contribution is 0.0691. The summed E-state index contributed by atoms with van der Waals surface area (Å²) in [5, 5.41) is 9.09. The zero-order valence-electron chi connectivity index (χ0n) is 8.47. The largest absolute Gasteiger partial charge is 0.477 e. The lowest BCUT2D eigenvalue weighted by Gasteiger charge is -2.01. The molecule has 2 aromatic rings. The van der Waals surface area contributed by atoms with Crippen LogP contribution in [-0.2, 0) is 6.42 Å². The van der Waals surface area contributed by atoms with E-state index in [2.05, 4.69) is 4.98 Å². The SMILES string of the molecule is CCc1cc2cc(C(=O)O)[nH]c2c(F)c1F. The summed E-state index contributed by atoms with van der Waals surface area (Å²) < 4.78 is 26.9. The molecule has 5 heteroatoms. The molecule has 0 atom stereocenters. The van der Waals surface area contributed by atoms with E-state index in [1.54, 1.807) is 6.92 Å². The standard InChI is InChI=1S/C11H9F2NO2/c1-2-5-3-6-4-7(11(15)16)14-10(6)9(13)8(5)12/h3-4,14H,2H2,1H3,(H,15,16). The Labute approximate surface area is 89.7 Å². The molecule has 2 N–H and O–H groups in total. The monoisotopic (exact) mass is 225 g/mol. The minimum atomic E-state index is -1.20. The molecule has 0 unspecified atom stereocenters. The van der Waals surface area contributed by atoms with E-state index in [4.69, 9.17) is 5.11 Å². The van der Waals surface area contributed by atoms with Gasteiger partial charge in [0.05, 0.1) is 5.52 Å². The molecule has 0 aliphatic heterocycles. The Balaban J connectivity index is 2.77. The number of aromatic carboxylic acids is 1. The minimum Gasteiger partial charge on any atom is -0.477 e. The number of aryl methyl sites for hydroxylation is 1. The lowest BCUT2D eigenvalue weighted by atomic mass is 10.1. The Bertz CT molecular complexity index is 575. The Morgan fingerprint density at radius 2 is 2.06 bits per heavy atom. The molecule has 1 aromatic carbocycles. The summed E-state index contributed by atoms with van der Waals surface area (Å²) in [6.07, 6.45) is 0.353. The van der Waals surface area contributed by atoms with Crippen molar-refractivity contribution < 1.29 is 18.7 Å². The molecule has 0 spiro atoms. The van der Waals surface area contributed by atoms with Gasteiger partial charge in [0.15, 0.2) is 11.6 Å². The maximum absolute atomic E-state index is 13.5. The highest BCUT2D eigenvalue weighted by Crippen LogP contribution is 2.24. The number of nitrogens with one attached hydrogen (secondary N) is 1. The third kappa shape index (κ3) is 1.44. The third-order valence-corrected chi connectivity index (χ3v) is 2.48. The van der Waals surface area contributed by atoms with Crippen molar-refractivity contribution >= 4 is 16.9 Å². The highest BCUT2D eigenvalue weighted by atomic mass is 19.2. The highest BCUT2D eigenvalue weighted by Gasteiger charge is 2.16. The number of carboxylic acid groups (broad SMARTS) is 1. The Hall–Kier alpha value is -1.91. The first-order chi connectivity index (χ1) is 7.54. The van der Waals surface area contributed by atoms with Crippen molar-refractivity contribution in [2.75, 3.05) is 0 Å². The van der Waals surface area contributed by atoms with Crippen molar-refractivity contribution in [1.82, 2.24) is 4.98 Å². The minimum absolute atomic E-state index is 0.105. The first kappa shape index (κ1) is 10.6. The van der Waals surface area contributed by atoms with Crippen LogP contribution in [0.15, 0.2) is 12.1 Å². The molecule has 3 nitrogen and oxygen atoms in total. The van der Waals surface area contributed by atoms with Crippen LogP contribution in [0.25, 0.3) is 10.9 Å². The molecule has 0 fully saturated rings. The van der Waals surface area contributed by atoms with E-state index in [1.165, 1.54) is 12.1 Å². The molecule has 0 radical (unpaired) electrons. The fourth-order valence-electron chi connectivity index (χ4n) is 1.64. The summed E-state index contributed by atoms with van der Waals surface area (Å²) in [6.45, 7) is 1.70. The van der Waals surface area contributed by atoms with Gasteiger partial charge in [0, 0.05) is 5.39 Å². The van der Waals surface area contributed by atoms with Gasteiger partial charge in [0.2, 0.25) is 0 Å². The number of fused-ring (bicyclic) bond motifs is 1. The fourth-order valence-corrected chi connectivity index (χ4v) is 1.64. The van der Waals surface area contributed by atoms with Gasteiger partial charge in [0.1, 0.15) is 5.69 Å². The third-order valence-electron chi connectivity index (χ3n) is 2.48. The van der Waals surface area contributed by atoms with Crippen molar-refractivity contribution in [3.05, 3.63) is 35.0 Å². The second kappa shape index (κ2) is 3.59. The second-order valence-electron chi connectivity index (χ2n) is 3.47. The van der Waals surface area contributed by atoms with Crippen LogP contribution in [0.1, 0.15) is 23.0 Å². The molecule has 0 amide bonds. The number of rotatable bonds is 2. The average molecular weight is 225 g/mol.